The standard InChI is InChI=1S/C20H22FNO4/c1-11-6-7-15-13(10-11)18(24)16-17(12-4-2-3-5-14(12)21)22(8-9-23)20(25)19(16)26-15/h2-5,11,13,15,17,23H,6-10H2,1H3. The van der Waals surface area contributed by atoms with Crippen molar-refractivity contribution in [3.05, 3.63) is 47.0 Å². The third-order valence-electron chi connectivity index (χ3n) is 5.75. The van der Waals surface area contributed by atoms with Gasteiger partial charge in [-0.25, -0.2) is 4.39 Å². The van der Waals surface area contributed by atoms with Crippen LogP contribution in [-0.4, -0.2) is 41.0 Å². The predicted molar refractivity (Wildman–Crippen MR) is 91.4 cm³/mol. The van der Waals surface area contributed by atoms with E-state index in [1.807, 2.05) is 0 Å². The van der Waals surface area contributed by atoms with Gasteiger partial charge in [-0.15, -0.1) is 0 Å². The molecule has 2 heterocycles. The molecule has 6 heteroatoms. The van der Waals surface area contributed by atoms with Gasteiger partial charge >= 0.3 is 0 Å². The summed E-state index contributed by atoms with van der Waals surface area (Å²) in [6, 6.07) is 5.31. The van der Waals surface area contributed by atoms with Crippen molar-refractivity contribution in [2.75, 3.05) is 13.2 Å². The maximum atomic E-state index is 14.5. The highest BCUT2D eigenvalue weighted by Gasteiger charge is 2.52. The number of aliphatic hydroxyl groups excluding tert-OH is 1. The minimum Gasteiger partial charge on any atom is -0.483 e. The number of nitrogens with zero attached hydrogens (tertiary/aromatic N) is 1. The zero-order chi connectivity index (χ0) is 18.4. The monoisotopic (exact) mass is 359 g/mol. The predicted octanol–water partition coefficient (Wildman–Crippen LogP) is 2.36. The first kappa shape index (κ1) is 17.2. The summed E-state index contributed by atoms with van der Waals surface area (Å²) >= 11 is 0. The van der Waals surface area contributed by atoms with Gasteiger partial charge in [-0.1, -0.05) is 25.1 Å². The number of Topliss-reactive ketones (excluding diaryl/α,β-unsaturated/α-hetero) is 1. The largest absolute Gasteiger partial charge is 0.483 e. The molecule has 0 radical (unpaired) electrons. The Kier molecular flexibility index (Phi) is 4.31. The van der Waals surface area contributed by atoms with E-state index in [-0.39, 0.29) is 47.9 Å². The number of rotatable bonds is 3. The fourth-order valence-electron chi connectivity index (χ4n) is 4.48. The van der Waals surface area contributed by atoms with Gasteiger partial charge in [0.25, 0.3) is 5.91 Å². The molecule has 4 unspecified atom stereocenters. The molecule has 1 saturated carbocycles. The number of ether oxygens (including phenoxy) is 1. The molecule has 1 aliphatic carbocycles. The van der Waals surface area contributed by atoms with E-state index in [0.717, 1.165) is 19.3 Å². The fourth-order valence-corrected chi connectivity index (χ4v) is 4.48. The fraction of sp³-hybridized carbons (Fsp3) is 0.500. The van der Waals surface area contributed by atoms with Crippen molar-refractivity contribution < 1.29 is 23.8 Å². The quantitative estimate of drug-likeness (QED) is 0.900. The second kappa shape index (κ2) is 6.50. The van der Waals surface area contributed by atoms with Gasteiger partial charge in [-0.2, -0.15) is 0 Å². The van der Waals surface area contributed by atoms with Gasteiger partial charge in [0.05, 0.1) is 24.1 Å². The van der Waals surface area contributed by atoms with Crippen LogP contribution in [0.25, 0.3) is 0 Å². The molecule has 1 aromatic rings. The van der Waals surface area contributed by atoms with Gasteiger partial charge in [-0.05, 0) is 31.2 Å². The summed E-state index contributed by atoms with van der Waals surface area (Å²) in [5, 5.41) is 9.39. The molecule has 1 amide bonds. The van der Waals surface area contributed by atoms with Gasteiger partial charge in [0.2, 0.25) is 0 Å². The minimum absolute atomic E-state index is 0.0210. The zero-order valence-electron chi connectivity index (χ0n) is 14.7. The molecule has 4 atom stereocenters. The lowest BCUT2D eigenvalue weighted by Gasteiger charge is -2.37. The highest BCUT2D eigenvalue weighted by molar-refractivity contribution is 6.11. The molecule has 2 aliphatic heterocycles. The lowest BCUT2D eigenvalue weighted by atomic mass is 9.74. The first-order chi connectivity index (χ1) is 12.5. The molecular weight excluding hydrogens is 337 g/mol. The van der Waals surface area contributed by atoms with Crippen molar-refractivity contribution in [1.29, 1.82) is 0 Å². The Bertz CT molecular complexity index is 790. The summed E-state index contributed by atoms with van der Waals surface area (Å²) in [7, 11) is 0. The molecule has 26 heavy (non-hydrogen) atoms. The number of hydrogen-bond acceptors (Lipinski definition) is 4. The van der Waals surface area contributed by atoms with Crippen molar-refractivity contribution in [3.8, 4) is 0 Å². The molecule has 0 spiro atoms. The second-order valence-electron chi connectivity index (χ2n) is 7.43. The molecule has 5 nitrogen and oxygen atoms in total. The molecule has 0 aromatic heterocycles. The summed E-state index contributed by atoms with van der Waals surface area (Å²) < 4.78 is 20.5. The maximum Gasteiger partial charge on any atom is 0.290 e. The number of hydrogen-bond donors (Lipinski definition) is 1. The van der Waals surface area contributed by atoms with Gasteiger partial charge in [0.15, 0.2) is 11.5 Å². The van der Waals surface area contributed by atoms with Crippen molar-refractivity contribution in [3.63, 3.8) is 0 Å². The average Bonchev–Trinajstić information content (AvgIpc) is 2.89. The van der Waals surface area contributed by atoms with Crippen molar-refractivity contribution in [2.24, 2.45) is 11.8 Å². The molecule has 3 aliphatic rings. The lowest BCUT2D eigenvalue weighted by molar-refractivity contribution is -0.136. The van der Waals surface area contributed by atoms with E-state index in [1.54, 1.807) is 18.2 Å². The molecule has 0 bridgehead atoms. The molecule has 4 rings (SSSR count). The van der Waals surface area contributed by atoms with E-state index in [2.05, 4.69) is 6.92 Å². The SMILES string of the molecule is CC1CCC2OC3=C(C(=O)C2C1)C(c1ccccc1F)N(CCO)C3=O. The normalized spacial score (nSPS) is 31.0. The number of β-amino-alcohol motifs (C(OH)–C–C–N with tert-alkyl or cyclic N) is 1. The molecular formula is C20H22FNO4. The first-order valence-corrected chi connectivity index (χ1v) is 9.14. The van der Waals surface area contributed by atoms with Crippen LogP contribution in [0.4, 0.5) is 4.39 Å². The van der Waals surface area contributed by atoms with Crippen LogP contribution in [0.3, 0.4) is 0 Å². The summed E-state index contributed by atoms with van der Waals surface area (Å²) in [6.45, 7) is 1.86. The number of aliphatic hydroxyl groups is 1. The van der Waals surface area contributed by atoms with Crippen molar-refractivity contribution >= 4 is 11.7 Å². The topological polar surface area (TPSA) is 66.8 Å². The minimum atomic E-state index is -0.837. The summed E-state index contributed by atoms with van der Waals surface area (Å²) in [4.78, 5) is 27.5. The molecule has 138 valence electrons. The smallest absolute Gasteiger partial charge is 0.290 e. The number of halogens is 1. The van der Waals surface area contributed by atoms with Crippen LogP contribution in [0, 0.1) is 17.7 Å². The van der Waals surface area contributed by atoms with Crippen LogP contribution in [0.5, 0.6) is 0 Å². The number of amides is 1. The van der Waals surface area contributed by atoms with Crippen molar-refractivity contribution in [1.82, 2.24) is 4.90 Å². The summed E-state index contributed by atoms with van der Waals surface area (Å²) in [5.74, 6) is -0.837. The Balaban J connectivity index is 1.81. The Morgan fingerprint density at radius 1 is 1.27 bits per heavy atom. The van der Waals surface area contributed by atoms with Crippen LogP contribution < -0.4 is 0 Å². The Labute approximate surface area is 151 Å². The number of benzene rings is 1. The summed E-state index contributed by atoms with van der Waals surface area (Å²) in [5.41, 5.74) is 0.516. The molecule has 1 fully saturated rings. The van der Waals surface area contributed by atoms with Crippen molar-refractivity contribution in [2.45, 2.75) is 38.3 Å². The lowest BCUT2D eigenvalue weighted by Crippen LogP contribution is -2.41. The number of fused-ring (bicyclic) bond motifs is 1. The number of ketones is 1. The van der Waals surface area contributed by atoms with E-state index < -0.39 is 17.8 Å². The van der Waals surface area contributed by atoms with E-state index in [1.165, 1.54) is 11.0 Å². The highest BCUT2D eigenvalue weighted by atomic mass is 19.1. The Morgan fingerprint density at radius 3 is 2.77 bits per heavy atom. The van der Waals surface area contributed by atoms with E-state index in [0.29, 0.717) is 5.92 Å². The van der Waals surface area contributed by atoms with Crippen LogP contribution in [0.1, 0.15) is 37.8 Å². The molecule has 1 aromatic carbocycles. The third kappa shape index (κ3) is 2.55. The van der Waals surface area contributed by atoms with Gasteiger partial charge < -0.3 is 14.7 Å². The molecule has 1 N–H and O–H groups in total. The second-order valence-corrected chi connectivity index (χ2v) is 7.43. The first-order valence-electron chi connectivity index (χ1n) is 9.14. The van der Waals surface area contributed by atoms with Gasteiger partial charge in [-0.3, -0.25) is 9.59 Å². The Hall–Kier alpha value is -2.21. The van der Waals surface area contributed by atoms with E-state index in [9.17, 15) is 19.1 Å². The van der Waals surface area contributed by atoms with Crippen LogP contribution in [0.15, 0.2) is 35.6 Å². The number of carbonyl (C=O) groups is 2. The Morgan fingerprint density at radius 2 is 2.04 bits per heavy atom. The van der Waals surface area contributed by atoms with Gasteiger partial charge in [0.1, 0.15) is 11.9 Å². The van der Waals surface area contributed by atoms with E-state index in [4.69, 9.17) is 4.74 Å². The average molecular weight is 359 g/mol. The van der Waals surface area contributed by atoms with Gasteiger partial charge in [0, 0.05) is 12.1 Å². The maximum absolute atomic E-state index is 14.5. The zero-order valence-corrected chi connectivity index (χ0v) is 14.7. The van der Waals surface area contributed by atoms with E-state index >= 15 is 0 Å². The highest BCUT2D eigenvalue weighted by Crippen LogP contribution is 2.47. The van der Waals surface area contributed by atoms with Crippen LogP contribution >= 0.6 is 0 Å². The third-order valence-corrected chi connectivity index (χ3v) is 5.75. The number of carbonyl (C=O) groups excluding carboxylic acids is 2. The van der Waals surface area contributed by atoms with Crippen LogP contribution in [-0.2, 0) is 14.3 Å². The van der Waals surface area contributed by atoms with Crippen LogP contribution in [0.2, 0.25) is 0 Å². The summed E-state index contributed by atoms with van der Waals surface area (Å²) in [6.07, 6.45) is 2.14. The molecule has 0 saturated heterocycles.